The fourth-order valence-corrected chi connectivity index (χ4v) is 4.56. The van der Waals surface area contributed by atoms with Crippen LogP contribution >= 0.6 is 27.7 Å². The molecule has 3 N–H and O–H groups in total. The fourth-order valence-electron chi connectivity index (χ4n) is 2.60. The predicted molar refractivity (Wildman–Crippen MR) is 85.0 cm³/mol. The van der Waals surface area contributed by atoms with E-state index >= 15 is 0 Å². The monoisotopic (exact) mass is 346 g/mol. The van der Waals surface area contributed by atoms with Crippen LogP contribution in [0.2, 0.25) is 0 Å². The van der Waals surface area contributed by atoms with Crippen molar-refractivity contribution in [2.24, 2.45) is 5.84 Å². The summed E-state index contributed by atoms with van der Waals surface area (Å²) < 4.78 is 3.11. The molecule has 0 amide bonds. The van der Waals surface area contributed by atoms with Crippen LogP contribution in [0, 0.1) is 0 Å². The van der Waals surface area contributed by atoms with E-state index in [2.05, 4.69) is 38.1 Å². The molecule has 19 heavy (non-hydrogen) atoms. The number of nitrogens with zero attached hydrogens (tertiary/aromatic N) is 2. The van der Waals surface area contributed by atoms with Crippen molar-refractivity contribution in [3.8, 4) is 0 Å². The average Bonchev–Trinajstić information content (AvgIpc) is 3.03. The number of hydrazine groups is 1. The summed E-state index contributed by atoms with van der Waals surface area (Å²) in [5.74, 6) is 6.77. The van der Waals surface area contributed by atoms with Gasteiger partial charge in [0, 0.05) is 17.5 Å². The van der Waals surface area contributed by atoms with Crippen LogP contribution in [0.5, 0.6) is 0 Å². The van der Waals surface area contributed by atoms with Crippen molar-refractivity contribution in [2.45, 2.75) is 56.9 Å². The molecule has 1 fully saturated rings. The Balaban J connectivity index is 2.01. The lowest BCUT2D eigenvalue weighted by atomic mass is 10.2. The van der Waals surface area contributed by atoms with E-state index in [-0.39, 0.29) is 6.04 Å². The van der Waals surface area contributed by atoms with E-state index in [0.29, 0.717) is 0 Å². The highest BCUT2D eigenvalue weighted by molar-refractivity contribution is 9.10. The molecule has 0 bridgehead atoms. The van der Waals surface area contributed by atoms with Crippen molar-refractivity contribution in [3.05, 3.63) is 16.4 Å². The molecule has 1 atom stereocenters. The first kappa shape index (κ1) is 15.4. The smallest absolute Gasteiger partial charge is 0.0730 e. The topological polar surface area (TPSA) is 55.9 Å². The van der Waals surface area contributed by atoms with Gasteiger partial charge in [0.25, 0.3) is 0 Å². The van der Waals surface area contributed by atoms with E-state index < -0.39 is 0 Å². The predicted octanol–water partition coefficient (Wildman–Crippen LogP) is 3.24. The molecular weight excluding hydrogens is 324 g/mol. The van der Waals surface area contributed by atoms with Gasteiger partial charge in [0.2, 0.25) is 0 Å². The second-order valence-electron chi connectivity index (χ2n) is 5.06. The summed E-state index contributed by atoms with van der Waals surface area (Å²) in [6.45, 7) is 3.10. The van der Waals surface area contributed by atoms with Gasteiger partial charge in [-0.2, -0.15) is 16.9 Å². The molecule has 0 aromatic carbocycles. The summed E-state index contributed by atoms with van der Waals surface area (Å²) >= 11 is 5.64. The maximum atomic E-state index is 5.76. The largest absolute Gasteiger partial charge is 0.271 e. The molecule has 1 aliphatic rings. The number of thioether (sulfide) groups is 1. The zero-order valence-electron chi connectivity index (χ0n) is 11.4. The molecule has 0 spiro atoms. The molecule has 108 valence electrons. The Morgan fingerprint density at radius 1 is 1.58 bits per heavy atom. The lowest BCUT2D eigenvalue weighted by Gasteiger charge is -2.20. The molecule has 1 aromatic rings. The van der Waals surface area contributed by atoms with E-state index in [1.807, 2.05) is 18.0 Å². The molecule has 0 saturated heterocycles. The number of rotatable bonds is 7. The molecule has 6 heteroatoms. The minimum atomic E-state index is 0.161. The van der Waals surface area contributed by atoms with Gasteiger partial charge in [-0.05, 0) is 35.2 Å². The van der Waals surface area contributed by atoms with Crippen LogP contribution < -0.4 is 11.3 Å². The molecule has 1 aliphatic carbocycles. The quantitative estimate of drug-likeness (QED) is 0.587. The highest BCUT2D eigenvalue weighted by atomic mass is 79.9. The summed E-state index contributed by atoms with van der Waals surface area (Å²) in [7, 11) is 0. The first-order valence-electron chi connectivity index (χ1n) is 7.05. The Morgan fingerprint density at radius 3 is 2.95 bits per heavy atom. The van der Waals surface area contributed by atoms with E-state index in [0.717, 1.165) is 28.4 Å². The highest BCUT2D eigenvalue weighted by Crippen LogP contribution is 2.33. The third kappa shape index (κ3) is 3.97. The molecule has 1 unspecified atom stereocenters. The first-order valence-corrected chi connectivity index (χ1v) is 8.89. The number of hydrogen-bond donors (Lipinski definition) is 2. The normalized spacial score (nSPS) is 18.1. The molecule has 4 nitrogen and oxygen atoms in total. The fraction of sp³-hybridized carbons (Fsp3) is 0.769. The third-order valence-corrected chi connectivity index (χ3v) is 5.68. The highest BCUT2D eigenvalue weighted by Gasteiger charge is 2.22. The zero-order valence-corrected chi connectivity index (χ0v) is 13.8. The summed E-state index contributed by atoms with van der Waals surface area (Å²) in [5.41, 5.74) is 4.13. The van der Waals surface area contributed by atoms with Crippen molar-refractivity contribution < 1.29 is 0 Å². The first-order chi connectivity index (χ1) is 9.26. The summed E-state index contributed by atoms with van der Waals surface area (Å²) in [6.07, 6.45) is 8.43. The second-order valence-corrected chi connectivity index (χ2v) is 7.25. The van der Waals surface area contributed by atoms with Crippen molar-refractivity contribution >= 4 is 27.7 Å². The summed E-state index contributed by atoms with van der Waals surface area (Å²) in [5, 5.41) is 5.24. The Hall–Kier alpha value is -0.0400. The number of aromatic nitrogens is 2. The Kier molecular flexibility index (Phi) is 6.19. The van der Waals surface area contributed by atoms with Gasteiger partial charge < -0.3 is 0 Å². The van der Waals surface area contributed by atoms with E-state index in [1.54, 1.807) is 0 Å². The van der Waals surface area contributed by atoms with Gasteiger partial charge in [0.05, 0.1) is 22.4 Å². The van der Waals surface area contributed by atoms with Gasteiger partial charge in [-0.3, -0.25) is 16.0 Å². The van der Waals surface area contributed by atoms with Crippen LogP contribution in [0.1, 0.15) is 50.8 Å². The molecule has 1 saturated carbocycles. The minimum absolute atomic E-state index is 0.161. The summed E-state index contributed by atoms with van der Waals surface area (Å²) in [4.78, 5) is 0. The van der Waals surface area contributed by atoms with Crippen LogP contribution in [0.4, 0.5) is 0 Å². The second kappa shape index (κ2) is 7.67. The van der Waals surface area contributed by atoms with Gasteiger partial charge in [0.1, 0.15) is 0 Å². The molecule has 2 rings (SSSR count). The van der Waals surface area contributed by atoms with Crippen molar-refractivity contribution in [3.63, 3.8) is 0 Å². The van der Waals surface area contributed by atoms with Gasteiger partial charge in [-0.15, -0.1) is 0 Å². The van der Waals surface area contributed by atoms with E-state index in [1.165, 1.54) is 31.4 Å². The lowest BCUT2D eigenvalue weighted by Crippen LogP contribution is -2.32. The maximum absolute atomic E-state index is 5.76. The van der Waals surface area contributed by atoms with Crippen LogP contribution in [0.25, 0.3) is 0 Å². The van der Waals surface area contributed by atoms with Crippen LogP contribution in [0.3, 0.4) is 0 Å². The Morgan fingerprint density at radius 2 is 2.32 bits per heavy atom. The van der Waals surface area contributed by atoms with E-state index in [9.17, 15) is 0 Å². The van der Waals surface area contributed by atoms with Crippen LogP contribution in [0.15, 0.2) is 10.7 Å². The Bertz CT molecular complexity index is 390. The maximum Gasteiger partial charge on any atom is 0.0730 e. The number of hydrogen-bond acceptors (Lipinski definition) is 4. The van der Waals surface area contributed by atoms with Gasteiger partial charge in [-0.1, -0.05) is 19.8 Å². The zero-order chi connectivity index (χ0) is 13.7. The molecule has 0 radical (unpaired) electrons. The van der Waals surface area contributed by atoms with Crippen LogP contribution in [-0.2, 0) is 6.54 Å². The third-order valence-electron chi connectivity index (χ3n) is 3.60. The number of nitrogens with one attached hydrogen (secondary N) is 1. The Labute approximate surface area is 128 Å². The number of nitrogens with two attached hydrogens (primary N) is 1. The molecule has 0 aliphatic heterocycles. The SMILES string of the molecule is CCCn1ncc(Br)c1C(CSC1CCCC1)NN. The lowest BCUT2D eigenvalue weighted by molar-refractivity contribution is 0.507. The van der Waals surface area contributed by atoms with Gasteiger partial charge >= 0.3 is 0 Å². The van der Waals surface area contributed by atoms with Crippen LogP contribution in [-0.4, -0.2) is 20.8 Å². The summed E-state index contributed by atoms with van der Waals surface area (Å²) in [6, 6.07) is 0.161. The molecule has 1 aromatic heterocycles. The number of aryl methyl sites for hydroxylation is 1. The van der Waals surface area contributed by atoms with Crippen molar-refractivity contribution in [1.29, 1.82) is 0 Å². The van der Waals surface area contributed by atoms with Gasteiger partial charge in [-0.25, -0.2) is 0 Å². The standard InChI is InChI=1S/C13H23BrN4S/c1-2-7-18-13(11(14)8-16-18)12(17-15)9-19-10-5-3-4-6-10/h8,10,12,17H,2-7,9,15H2,1H3. The molecule has 1 heterocycles. The van der Waals surface area contributed by atoms with Crippen molar-refractivity contribution in [1.82, 2.24) is 15.2 Å². The average molecular weight is 347 g/mol. The van der Waals surface area contributed by atoms with Crippen molar-refractivity contribution in [2.75, 3.05) is 5.75 Å². The van der Waals surface area contributed by atoms with E-state index in [4.69, 9.17) is 5.84 Å². The number of halogens is 1. The molecular formula is C13H23BrN4S. The minimum Gasteiger partial charge on any atom is -0.271 e. The van der Waals surface area contributed by atoms with Gasteiger partial charge in [0.15, 0.2) is 0 Å².